The number of halogens is 2. The van der Waals surface area contributed by atoms with E-state index in [4.69, 9.17) is 31.3 Å². The zero-order chi connectivity index (χ0) is 19.9. The summed E-state index contributed by atoms with van der Waals surface area (Å²) in [7, 11) is 3.17. The van der Waals surface area contributed by atoms with Crippen molar-refractivity contribution in [3.8, 4) is 22.9 Å². The van der Waals surface area contributed by atoms with Crippen molar-refractivity contribution in [3.63, 3.8) is 0 Å². The van der Waals surface area contributed by atoms with Crippen LogP contribution >= 0.6 is 35.6 Å². The van der Waals surface area contributed by atoms with E-state index < -0.39 is 0 Å². The number of guanidine groups is 1. The zero-order valence-electron chi connectivity index (χ0n) is 15.9. The molecular weight excluding hydrogens is 509 g/mol. The van der Waals surface area contributed by atoms with E-state index in [-0.39, 0.29) is 29.9 Å². The van der Waals surface area contributed by atoms with Crippen LogP contribution in [0.5, 0.6) is 11.5 Å². The minimum Gasteiger partial charge on any atom is -0.497 e. The number of aliphatic imine (C=N–C) groups is 1. The average Bonchev–Trinajstić information content (AvgIpc) is 3.17. The number of ether oxygens (including phenoxy) is 2. The molecule has 0 atom stereocenters. The molecule has 1 heterocycles. The van der Waals surface area contributed by atoms with Crippen molar-refractivity contribution < 1.29 is 14.0 Å². The maximum atomic E-state index is 5.96. The fourth-order valence-corrected chi connectivity index (χ4v) is 2.56. The van der Waals surface area contributed by atoms with Crippen LogP contribution in [0.1, 0.15) is 5.89 Å². The van der Waals surface area contributed by atoms with E-state index in [1.54, 1.807) is 44.6 Å². The van der Waals surface area contributed by atoms with Gasteiger partial charge < -0.3 is 25.0 Å². The Bertz CT molecular complexity index is 963. The normalized spacial score (nSPS) is 10.9. The van der Waals surface area contributed by atoms with Crippen LogP contribution in [-0.2, 0) is 6.42 Å². The van der Waals surface area contributed by atoms with Gasteiger partial charge in [0.25, 0.3) is 0 Å². The highest BCUT2D eigenvalue weighted by atomic mass is 127. The number of nitrogens with one attached hydrogen (secondary N) is 1. The summed E-state index contributed by atoms with van der Waals surface area (Å²) in [5, 5.41) is 7.62. The average molecular weight is 530 g/mol. The minimum atomic E-state index is 0. The zero-order valence-corrected chi connectivity index (χ0v) is 19.0. The van der Waals surface area contributed by atoms with Gasteiger partial charge in [0.1, 0.15) is 11.5 Å². The molecule has 0 bridgehead atoms. The molecule has 0 saturated heterocycles. The van der Waals surface area contributed by atoms with Gasteiger partial charge in [-0.2, -0.15) is 4.98 Å². The Hall–Kier alpha value is -2.53. The van der Waals surface area contributed by atoms with E-state index in [2.05, 4.69) is 20.4 Å². The first-order valence-electron chi connectivity index (χ1n) is 8.46. The second kappa shape index (κ2) is 10.9. The third-order valence-electron chi connectivity index (χ3n) is 3.85. The Morgan fingerprint density at radius 1 is 1.17 bits per heavy atom. The summed E-state index contributed by atoms with van der Waals surface area (Å²) in [6, 6.07) is 12.6. The quantitative estimate of drug-likeness (QED) is 0.271. The Kier molecular flexibility index (Phi) is 8.52. The number of benzene rings is 2. The summed E-state index contributed by atoms with van der Waals surface area (Å²) >= 11 is 5.88. The molecule has 1 aromatic heterocycles. The Morgan fingerprint density at radius 3 is 2.62 bits per heavy atom. The third kappa shape index (κ3) is 6.23. The molecule has 0 aliphatic heterocycles. The SMILES string of the molecule is COc1ccc(OC)c(NC(N)=NCCc2nc(-c3ccc(Cl)cc3)no2)c1.I. The lowest BCUT2D eigenvalue weighted by Gasteiger charge is -2.12. The number of nitrogens with zero attached hydrogens (tertiary/aromatic N) is 3. The molecule has 3 aromatic rings. The molecule has 0 spiro atoms. The van der Waals surface area contributed by atoms with Gasteiger partial charge in [-0.1, -0.05) is 16.8 Å². The molecule has 0 unspecified atom stereocenters. The molecule has 8 nitrogen and oxygen atoms in total. The van der Waals surface area contributed by atoms with Gasteiger partial charge in [-0.15, -0.1) is 24.0 Å². The summed E-state index contributed by atoms with van der Waals surface area (Å²) in [6.07, 6.45) is 0.457. The predicted octanol–water partition coefficient (Wildman–Crippen LogP) is 3.99. The van der Waals surface area contributed by atoms with E-state index in [0.717, 1.165) is 5.56 Å². The molecule has 3 N–H and O–H groups in total. The fraction of sp³-hybridized carbons (Fsp3) is 0.211. The number of anilines is 1. The van der Waals surface area contributed by atoms with Crippen LogP contribution in [0.15, 0.2) is 52.0 Å². The van der Waals surface area contributed by atoms with Gasteiger partial charge in [0, 0.05) is 23.1 Å². The topological polar surface area (TPSA) is 108 Å². The number of hydrogen-bond donors (Lipinski definition) is 2. The van der Waals surface area contributed by atoms with Gasteiger partial charge in [0.05, 0.1) is 26.5 Å². The first-order chi connectivity index (χ1) is 13.6. The Labute approximate surface area is 190 Å². The van der Waals surface area contributed by atoms with Gasteiger partial charge in [-0.05, 0) is 36.4 Å². The number of hydrogen-bond acceptors (Lipinski definition) is 6. The van der Waals surface area contributed by atoms with Crippen molar-refractivity contribution in [3.05, 3.63) is 53.4 Å². The van der Waals surface area contributed by atoms with Gasteiger partial charge in [0.2, 0.25) is 11.7 Å². The van der Waals surface area contributed by atoms with E-state index in [1.807, 2.05) is 12.1 Å². The molecule has 0 fully saturated rings. The minimum absolute atomic E-state index is 0. The smallest absolute Gasteiger partial charge is 0.228 e. The molecule has 0 aliphatic carbocycles. The van der Waals surface area contributed by atoms with Crippen LogP contribution in [0.2, 0.25) is 5.02 Å². The van der Waals surface area contributed by atoms with Gasteiger partial charge >= 0.3 is 0 Å². The standard InChI is InChI=1S/C19H20ClN5O3.HI/c1-26-14-7-8-16(27-2)15(11-14)23-19(21)22-10-9-17-24-18(25-28-17)12-3-5-13(20)6-4-12;/h3-8,11H,9-10H2,1-2H3,(H3,21,22,23);1H. The van der Waals surface area contributed by atoms with E-state index in [9.17, 15) is 0 Å². The van der Waals surface area contributed by atoms with Crippen LogP contribution in [0, 0.1) is 0 Å². The van der Waals surface area contributed by atoms with Crippen molar-refractivity contribution in [2.75, 3.05) is 26.1 Å². The largest absolute Gasteiger partial charge is 0.497 e. The summed E-state index contributed by atoms with van der Waals surface area (Å²) < 4.78 is 15.8. The molecule has 0 aliphatic rings. The molecule has 29 heavy (non-hydrogen) atoms. The van der Waals surface area contributed by atoms with Crippen molar-refractivity contribution in [2.24, 2.45) is 10.7 Å². The van der Waals surface area contributed by atoms with E-state index in [0.29, 0.717) is 46.9 Å². The molecule has 154 valence electrons. The van der Waals surface area contributed by atoms with Crippen LogP contribution in [-0.4, -0.2) is 36.9 Å². The molecule has 0 saturated carbocycles. The highest BCUT2D eigenvalue weighted by Gasteiger charge is 2.09. The highest BCUT2D eigenvalue weighted by molar-refractivity contribution is 14.0. The van der Waals surface area contributed by atoms with Gasteiger partial charge in [-0.3, -0.25) is 4.99 Å². The number of methoxy groups -OCH3 is 2. The summed E-state index contributed by atoms with van der Waals surface area (Å²) in [5.74, 6) is 2.52. The van der Waals surface area contributed by atoms with E-state index >= 15 is 0 Å². The lowest BCUT2D eigenvalue weighted by Crippen LogP contribution is -2.23. The van der Waals surface area contributed by atoms with Crippen LogP contribution in [0.4, 0.5) is 5.69 Å². The van der Waals surface area contributed by atoms with Crippen molar-refractivity contribution in [1.82, 2.24) is 10.1 Å². The Morgan fingerprint density at radius 2 is 1.93 bits per heavy atom. The lowest BCUT2D eigenvalue weighted by atomic mass is 10.2. The predicted molar refractivity (Wildman–Crippen MR) is 124 cm³/mol. The monoisotopic (exact) mass is 529 g/mol. The summed E-state index contributed by atoms with van der Waals surface area (Å²) in [4.78, 5) is 8.63. The second-order valence-electron chi connectivity index (χ2n) is 5.73. The Balaban J connectivity index is 0.00000300. The van der Waals surface area contributed by atoms with Crippen molar-refractivity contribution in [1.29, 1.82) is 0 Å². The molecule has 10 heteroatoms. The number of rotatable bonds is 7. The first-order valence-corrected chi connectivity index (χ1v) is 8.84. The molecule has 3 rings (SSSR count). The first kappa shape index (κ1) is 22.8. The molecule has 2 aromatic carbocycles. The molecule has 0 amide bonds. The van der Waals surface area contributed by atoms with Crippen molar-refractivity contribution in [2.45, 2.75) is 6.42 Å². The molecular formula is C19H21ClIN5O3. The fourth-order valence-electron chi connectivity index (χ4n) is 2.43. The summed E-state index contributed by atoms with van der Waals surface area (Å²) in [6.45, 7) is 0.382. The van der Waals surface area contributed by atoms with Crippen LogP contribution in [0.3, 0.4) is 0 Å². The van der Waals surface area contributed by atoms with Crippen molar-refractivity contribution >= 4 is 47.2 Å². The van der Waals surface area contributed by atoms with Crippen LogP contribution in [0.25, 0.3) is 11.4 Å². The third-order valence-corrected chi connectivity index (χ3v) is 4.10. The summed E-state index contributed by atoms with van der Waals surface area (Å²) in [5.41, 5.74) is 7.45. The molecule has 0 radical (unpaired) electrons. The number of nitrogens with two attached hydrogens (primary N) is 1. The maximum absolute atomic E-state index is 5.96. The van der Waals surface area contributed by atoms with Gasteiger partial charge in [0.15, 0.2) is 5.96 Å². The highest BCUT2D eigenvalue weighted by Crippen LogP contribution is 2.28. The number of aromatic nitrogens is 2. The lowest BCUT2D eigenvalue weighted by molar-refractivity contribution is 0.380. The van der Waals surface area contributed by atoms with Crippen LogP contribution < -0.4 is 20.5 Å². The van der Waals surface area contributed by atoms with E-state index in [1.165, 1.54) is 0 Å². The maximum Gasteiger partial charge on any atom is 0.228 e. The second-order valence-corrected chi connectivity index (χ2v) is 6.16. The van der Waals surface area contributed by atoms with Gasteiger partial charge in [-0.25, -0.2) is 0 Å².